The largest absolute Gasteiger partial charge is 0.493 e. The third-order valence-corrected chi connectivity index (χ3v) is 21.7. The molecule has 0 radical (unpaired) electrons. The van der Waals surface area contributed by atoms with Crippen LogP contribution in [0, 0.1) is 35.5 Å². The molecule has 7 atom stereocenters. The fourth-order valence-electron chi connectivity index (χ4n) is 13.0. The van der Waals surface area contributed by atoms with Gasteiger partial charge in [-0.2, -0.15) is 0 Å². The molecule has 5 N–H and O–H groups in total. The Morgan fingerprint density at radius 1 is 0.261 bits per heavy atom. The summed E-state index contributed by atoms with van der Waals surface area (Å²) in [5.41, 5.74) is 8.92. The minimum Gasteiger partial charge on any atom is -0.493 e. The quantitative estimate of drug-likeness (QED) is 0.0247. The van der Waals surface area contributed by atoms with Gasteiger partial charge in [0.2, 0.25) is 0 Å². The van der Waals surface area contributed by atoms with Crippen molar-refractivity contribution in [2.24, 2.45) is 35.5 Å². The van der Waals surface area contributed by atoms with E-state index in [0.29, 0.717) is 36.7 Å². The van der Waals surface area contributed by atoms with Gasteiger partial charge in [0.1, 0.15) is 34.5 Å². The predicted molar refractivity (Wildman–Crippen MR) is 485 cm³/mol. The van der Waals surface area contributed by atoms with E-state index in [2.05, 4.69) is 158 Å². The topological polar surface area (TPSA) is 157 Å². The third kappa shape index (κ3) is 43.9. The second-order valence-electron chi connectivity index (χ2n) is 31.1. The lowest BCUT2D eigenvalue weighted by atomic mass is 9.95. The first-order valence-corrected chi connectivity index (χ1v) is 44.6. The summed E-state index contributed by atoms with van der Waals surface area (Å²) in [5.74, 6) is 8.41. The minimum absolute atomic E-state index is 0.251. The van der Waals surface area contributed by atoms with Crippen LogP contribution >= 0.6 is 0 Å². The fraction of sp³-hybridized carbons (Fsp3) is 0.538. The van der Waals surface area contributed by atoms with Crippen molar-refractivity contribution in [2.75, 3.05) is 39.6 Å². The highest BCUT2D eigenvalue weighted by atomic mass is 16.5. The first-order chi connectivity index (χ1) is 55.8. The zero-order valence-electron chi connectivity index (χ0n) is 74.2. The smallest absolute Gasteiger partial charge is 0.119 e. The molecule has 0 aliphatic heterocycles. The lowest BCUT2D eigenvalue weighted by molar-refractivity contribution is 0.115. The minimum atomic E-state index is -0.402. The molecule has 0 bridgehead atoms. The van der Waals surface area contributed by atoms with Gasteiger partial charge in [0.25, 0.3) is 0 Å². The first-order valence-electron chi connectivity index (χ1n) is 44.6. The van der Waals surface area contributed by atoms with Crippen LogP contribution in [0.3, 0.4) is 0 Å². The van der Waals surface area contributed by atoms with Gasteiger partial charge in [-0.1, -0.05) is 328 Å². The highest BCUT2D eigenvalue weighted by Crippen LogP contribution is 2.31. The molecule has 0 aromatic heterocycles. The van der Waals surface area contributed by atoms with Crippen molar-refractivity contribution in [1.82, 2.24) is 0 Å². The van der Waals surface area contributed by atoms with Gasteiger partial charge in [-0.25, -0.2) is 0 Å². The Bertz CT molecular complexity index is 3600. The van der Waals surface area contributed by atoms with Crippen molar-refractivity contribution < 1.29 is 54.0 Å². The molecule has 11 nitrogen and oxygen atoms in total. The fourth-order valence-corrected chi connectivity index (χ4v) is 13.0. The van der Waals surface area contributed by atoms with Crippen LogP contribution in [0.25, 0.3) is 0 Å². The van der Waals surface area contributed by atoms with Crippen molar-refractivity contribution in [1.29, 1.82) is 0 Å². The monoisotopic (exact) mass is 1580 g/mol. The number of hydrogen-bond acceptors (Lipinski definition) is 11. The second kappa shape index (κ2) is 63.5. The Kier molecular flexibility index (Phi) is 56.1. The number of unbranched alkanes of at least 4 members (excludes halogenated alkanes) is 1. The Labute approximate surface area is 699 Å². The van der Waals surface area contributed by atoms with Gasteiger partial charge in [0.15, 0.2) is 0 Å². The van der Waals surface area contributed by atoms with Crippen LogP contribution in [-0.2, 0) is 25.7 Å². The molecule has 0 saturated carbocycles. The van der Waals surface area contributed by atoms with Gasteiger partial charge in [0.05, 0.1) is 70.2 Å². The zero-order chi connectivity index (χ0) is 84.2. The number of aryl methyl sites for hydroxylation is 1. The van der Waals surface area contributed by atoms with Gasteiger partial charge in [-0.05, 0) is 204 Å². The zero-order valence-corrected chi connectivity index (χ0v) is 74.2. The van der Waals surface area contributed by atoms with Gasteiger partial charge in [-0.15, -0.1) is 0 Å². The Morgan fingerprint density at radius 2 is 0.565 bits per heavy atom. The summed E-state index contributed by atoms with van der Waals surface area (Å²) >= 11 is 0. The maximum absolute atomic E-state index is 10.3. The van der Waals surface area contributed by atoms with E-state index in [1.54, 1.807) is 0 Å². The van der Waals surface area contributed by atoms with E-state index in [1.807, 2.05) is 159 Å². The van der Waals surface area contributed by atoms with Crippen molar-refractivity contribution in [3.8, 4) is 34.5 Å². The molecule has 8 aromatic carbocycles. The number of hydrogen-bond donors (Lipinski definition) is 5. The Hall–Kier alpha value is -7.64. The van der Waals surface area contributed by atoms with E-state index in [4.69, 9.17) is 28.4 Å². The van der Waals surface area contributed by atoms with Crippen LogP contribution < -0.4 is 28.4 Å². The van der Waals surface area contributed by atoms with Crippen LogP contribution in [0.5, 0.6) is 34.5 Å². The molecule has 2 unspecified atom stereocenters. The predicted octanol–water partition coefficient (Wildman–Crippen LogP) is 26.9. The molecular weight excluding hydrogens is 1430 g/mol. The maximum atomic E-state index is 10.3. The average Bonchev–Trinajstić information content (AvgIpc) is 0.958. The van der Waals surface area contributed by atoms with E-state index >= 15 is 0 Å². The highest BCUT2D eigenvalue weighted by molar-refractivity contribution is 5.34. The molecule has 0 saturated heterocycles. The molecule has 638 valence electrons. The second-order valence-corrected chi connectivity index (χ2v) is 31.1. The Balaban J connectivity index is 0.000000357. The number of ether oxygens (including phenoxy) is 6. The molecule has 115 heavy (non-hydrogen) atoms. The van der Waals surface area contributed by atoms with Crippen LogP contribution in [0.4, 0.5) is 0 Å². The van der Waals surface area contributed by atoms with Gasteiger partial charge < -0.3 is 54.0 Å². The lowest BCUT2D eigenvalue weighted by Gasteiger charge is -2.19. The summed E-state index contributed by atoms with van der Waals surface area (Å²) in [6, 6.07) is 68.7. The van der Waals surface area contributed by atoms with Crippen molar-refractivity contribution in [3.63, 3.8) is 0 Å². The third-order valence-electron chi connectivity index (χ3n) is 21.7. The highest BCUT2D eigenvalue weighted by Gasteiger charge is 2.19. The summed E-state index contributed by atoms with van der Waals surface area (Å²) in [7, 11) is 0. The number of aliphatic hydroxyl groups excluding tert-OH is 5. The summed E-state index contributed by atoms with van der Waals surface area (Å²) in [6.45, 7) is 38.8. The molecular formula is C104H156O11. The van der Waals surface area contributed by atoms with Crippen molar-refractivity contribution >= 4 is 0 Å². The molecule has 0 amide bonds. The number of aliphatic hydroxyl groups is 5. The molecule has 11 heteroatoms. The molecule has 0 spiro atoms. The summed E-state index contributed by atoms with van der Waals surface area (Å²) in [4.78, 5) is 0. The van der Waals surface area contributed by atoms with E-state index in [-0.39, 0.29) is 24.0 Å². The lowest BCUT2D eigenvalue weighted by Crippen LogP contribution is -2.12. The normalized spacial score (nSPS) is 12.8. The molecule has 0 aliphatic rings. The van der Waals surface area contributed by atoms with Gasteiger partial charge in [-0.3, -0.25) is 0 Å². The van der Waals surface area contributed by atoms with Crippen molar-refractivity contribution in [2.45, 2.75) is 289 Å². The van der Waals surface area contributed by atoms with E-state index in [9.17, 15) is 25.5 Å². The summed E-state index contributed by atoms with van der Waals surface area (Å²) in [5, 5.41) is 50.1. The SMILES string of the molecule is CCC(CC)COc1cccc(C[C@H](O)CC)c1.CCC(CC)COc1cccc([C@H](O)[C@H](C)CC)c1.CCCC(CCC)COc1cccc([C@H](O)[C@H](C)CC)c1.CCCC(O)c1cccc(OCC(CC)CC)c1.CCCC(O)c1cccc(OCCc2ccccc2)c1.CCCCc1cccc(OCCc2ccccc2)c1. The summed E-state index contributed by atoms with van der Waals surface area (Å²) < 4.78 is 35.0. The number of rotatable bonds is 48. The van der Waals surface area contributed by atoms with E-state index in [0.717, 1.165) is 198 Å². The standard InChI is InChI=1S/C19H32O2.C18H22O2.C18H22O.C17H28O2.2C16H26O2/c1-5-9-16(10-6-2)14-21-18-12-8-11-17(13-18)19(20)15(4)7-3;1-2-7-18(19)16-10-6-11-17(14-16)20-13-12-15-8-4-3-5-9-15;1-2-3-8-17-11-7-12-18(15-17)19-14-13-16-9-5-4-6-10-16;1-5-13(4)17(18)15-9-8-10-16(11-15)19-12-14(6-2)7-3;1-4-13(5-2)12-18-16-9-7-8-14(11-16)10-15(17)6-3;1-4-8-16(17)14-9-7-10-15(11-14)18-12-13(5-2)6-3/h8,11-13,15-16,19-20H,5-7,9-10,14H2,1-4H3;3-6,8-11,14,18-19H,2,7,12-13H2,1H3;4-7,9-12,15H,2-3,8,13-14H2,1H3;8-11,13-14,17-18H,5-7,12H2,1-4H3;7-9,11,13,15,17H,4-6,10,12H2,1-3H3;7,9-11,13,16-17H,4-6,8,12H2,1-3H3/t15-,19-;;;13-,17-;15-;/m1..11./s1. The van der Waals surface area contributed by atoms with Gasteiger partial charge >= 0.3 is 0 Å². The molecule has 8 aromatic rings. The first kappa shape index (κ1) is 102. The van der Waals surface area contributed by atoms with E-state index < -0.39 is 18.3 Å². The maximum Gasteiger partial charge on any atom is 0.119 e. The molecule has 0 heterocycles. The molecule has 0 fully saturated rings. The van der Waals surface area contributed by atoms with Crippen LogP contribution in [0.1, 0.15) is 302 Å². The molecule has 8 rings (SSSR count). The van der Waals surface area contributed by atoms with Crippen molar-refractivity contribution in [3.05, 3.63) is 251 Å². The summed E-state index contributed by atoms with van der Waals surface area (Å²) in [6.07, 6.45) is 22.4. The van der Waals surface area contributed by atoms with Crippen LogP contribution in [0.15, 0.2) is 206 Å². The van der Waals surface area contributed by atoms with Crippen LogP contribution in [-0.4, -0.2) is 71.3 Å². The Morgan fingerprint density at radius 3 is 0.913 bits per heavy atom. The number of benzene rings is 8. The van der Waals surface area contributed by atoms with Crippen LogP contribution in [0.2, 0.25) is 0 Å². The average molecular weight is 1580 g/mol. The van der Waals surface area contributed by atoms with Gasteiger partial charge in [0, 0.05) is 12.8 Å². The molecule has 0 aliphatic carbocycles. The van der Waals surface area contributed by atoms with E-state index in [1.165, 1.54) is 55.2 Å².